The molecule has 3 N–H and O–H groups in total. The summed E-state index contributed by atoms with van der Waals surface area (Å²) >= 11 is 4.37. The van der Waals surface area contributed by atoms with Crippen LogP contribution in [0.25, 0.3) is 0 Å². The number of nitrogens with one attached hydrogen (secondary N) is 1. The smallest absolute Gasteiger partial charge is 0.0544 e. The van der Waals surface area contributed by atoms with E-state index in [1.54, 1.807) is 0 Å². The van der Waals surface area contributed by atoms with Gasteiger partial charge in [-0.25, -0.2) is 0 Å². The lowest BCUT2D eigenvalue weighted by Gasteiger charge is -2.22. The predicted octanol–water partition coefficient (Wildman–Crippen LogP) is 3.46. The zero-order valence-electron chi connectivity index (χ0n) is 14.5. The normalized spacial score (nSPS) is 10.8. The van der Waals surface area contributed by atoms with E-state index in [0.29, 0.717) is 5.69 Å². The summed E-state index contributed by atoms with van der Waals surface area (Å²) in [7, 11) is 0. The number of aromatic nitrogens is 2. The molecule has 0 spiro atoms. The van der Waals surface area contributed by atoms with Crippen molar-refractivity contribution in [3.05, 3.63) is 78.4 Å². The first-order valence-corrected chi connectivity index (χ1v) is 9.00. The van der Waals surface area contributed by atoms with Crippen LogP contribution in [0, 0.1) is 0 Å². The third-order valence-electron chi connectivity index (χ3n) is 4.01. The number of anilines is 2. The van der Waals surface area contributed by atoms with Gasteiger partial charge in [0.1, 0.15) is 0 Å². The van der Waals surface area contributed by atoms with Crippen molar-refractivity contribution in [1.29, 1.82) is 0 Å². The molecular weight excluding hydrogens is 342 g/mol. The molecule has 0 radical (unpaired) electrons. The highest BCUT2D eigenvalue weighted by Crippen LogP contribution is 2.20. The van der Waals surface area contributed by atoms with Crippen molar-refractivity contribution in [2.24, 2.45) is 0 Å². The van der Waals surface area contributed by atoms with E-state index < -0.39 is 0 Å². The van der Waals surface area contributed by atoms with E-state index in [-0.39, 0.29) is 0 Å². The SMILES string of the molecule is Nc1ccc(NCCN(Cc2ccccn2)Cc2ccccn2)cc1S. The number of nitrogens with zero attached hydrogens (tertiary/aromatic N) is 3. The first kappa shape index (κ1) is 18.2. The minimum Gasteiger partial charge on any atom is -0.398 e. The zero-order chi connectivity index (χ0) is 18.2. The van der Waals surface area contributed by atoms with Gasteiger partial charge in [0.15, 0.2) is 0 Å². The van der Waals surface area contributed by atoms with Crippen LogP contribution in [-0.4, -0.2) is 28.0 Å². The van der Waals surface area contributed by atoms with Crippen LogP contribution in [0.4, 0.5) is 11.4 Å². The standard InChI is InChI=1S/C20H23N5S/c21-19-8-7-16(13-20(19)26)24-11-12-25(14-17-5-1-3-9-22-17)15-18-6-2-4-10-23-18/h1-10,13,24,26H,11-12,14-15,21H2. The average molecular weight is 366 g/mol. The van der Waals surface area contributed by atoms with Gasteiger partial charge in [0.25, 0.3) is 0 Å². The highest BCUT2D eigenvalue weighted by Gasteiger charge is 2.09. The summed E-state index contributed by atoms with van der Waals surface area (Å²) in [6.45, 7) is 3.22. The van der Waals surface area contributed by atoms with Gasteiger partial charge in [-0.2, -0.15) is 0 Å². The van der Waals surface area contributed by atoms with E-state index in [1.807, 2.05) is 67.0 Å². The van der Waals surface area contributed by atoms with Crippen molar-refractivity contribution in [3.8, 4) is 0 Å². The van der Waals surface area contributed by atoms with Crippen LogP contribution in [0.2, 0.25) is 0 Å². The summed E-state index contributed by atoms with van der Waals surface area (Å²) in [4.78, 5) is 12.0. The van der Waals surface area contributed by atoms with Gasteiger partial charge in [0, 0.05) is 54.8 Å². The van der Waals surface area contributed by atoms with Gasteiger partial charge in [0.05, 0.1) is 11.4 Å². The molecule has 2 aromatic heterocycles. The molecule has 1 aromatic carbocycles. The molecule has 0 saturated heterocycles. The lowest BCUT2D eigenvalue weighted by molar-refractivity contribution is 0.261. The maximum atomic E-state index is 5.81. The second kappa shape index (κ2) is 9.22. The van der Waals surface area contributed by atoms with E-state index >= 15 is 0 Å². The number of thiol groups is 1. The molecule has 6 heteroatoms. The summed E-state index contributed by atoms with van der Waals surface area (Å²) in [5, 5.41) is 3.43. The van der Waals surface area contributed by atoms with Gasteiger partial charge < -0.3 is 11.1 Å². The van der Waals surface area contributed by atoms with Crippen molar-refractivity contribution >= 4 is 24.0 Å². The molecule has 0 aliphatic rings. The molecule has 134 valence electrons. The van der Waals surface area contributed by atoms with Gasteiger partial charge in [-0.1, -0.05) is 12.1 Å². The molecule has 26 heavy (non-hydrogen) atoms. The molecule has 0 aliphatic carbocycles. The second-order valence-electron chi connectivity index (χ2n) is 6.05. The van der Waals surface area contributed by atoms with Crippen LogP contribution in [0.1, 0.15) is 11.4 Å². The average Bonchev–Trinajstić information content (AvgIpc) is 2.66. The molecule has 2 heterocycles. The molecule has 3 rings (SSSR count). The summed E-state index contributed by atoms with van der Waals surface area (Å²) in [5.41, 5.74) is 9.61. The minimum atomic E-state index is 0.686. The van der Waals surface area contributed by atoms with Gasteiger partial charge in [-0.05, 0) is 42.5 Å². The van der Waals surface area contributed by atoms with Crippen molar-refractivity contribution in [2.45, 2.75) is 18.0 Å². The van der Waals surface area contributed by atoms with Crippen LogP contribution in [0.3, 0.4) is 0 Å². The van der Waals surface area contributed by atoms with Gasteiger partial charge in [0.2, 0.25) is 0 Å². The van der Waals surface area contributed by atoms with E-state index in [4.69, 9.17) is 5.73 Å². The highest BCUT2D eigenvalue weighted by molar-refractivity contribution is 7.80. The molecule has 0 bridgehead atoms. The number of benzene rings is 1. The van der Waals surface area contributed by atoms with Crippen LogP contribution < -0.4 is 11.1 Å². The van der Waals surface area contributed by atoms with Gasteiger partial charge in [-0.3, -0.25) is 14.9 Å². The van der Waals surface area contributed by atoms with E-state index in [0.717, 1.165) is 48.1 Å². The van der Waals surface area contributed by atoms with Crippen molar-refractivity contribution in [2.75, 3.05) is 24.1 Å². The molecular formula is C20H23N5S. The predicted molar refractivity (Wildman–Crippen MR) is 109 cm³/mol. The Morgan fingerprint density at radius 3 is 2.12 bits per heavy atom. The largest absolute Gasteiger partial charge is 0.398 e. The quantitative estimate of drug-likeness (QED) is 0.421. The summed E-state index contributed by atoms with van der Waals surface area (Å²) in [6, 6.07) is 17.8. The Bertz CT molecular complexity index is 769. The Balaban J connectivity index is 1.61. The van der Waals surface area contributed by atoms with Crippen molar-refractivity contribution in [3.63, 3.8) is 0 Å². The molecule has 0 unspecified atom stereocenters. The number of pyridine rings is 2. The number of nitrogen functional groups attached to an aromatic ring is 1. The van der Waals surface area contributed by atoms with E-state index in [2.05, 4.69) is 32.8 Å². The topological polar surface area (TPSA) is 67.1 Å². The number of hydrogen-bond acceptors (Lipinski definition) is 6. The molecule has 0 aliphatic heterocycles. The summed E-state index contributed by atoms with van der Waals surface area (Å²) < 4.78 is 0. The van der Waals surface area contributed by atoms with Gasteiger partial charge >= 0.3 is 0 Å². The molecule has 0 fully saturated rings. The highest BCUT2D eigenvalue weighted by atomic mass is 32.1. The summed E-state index contributed by atoms with van der Waals surface area (Å²) in [6.07, 6.45) is 3.66. The zero-order valence-corrected chi connectivity index (χ0v) is 15.4. The number of nitrogens with two attached hydrogens (primary N) is 1. The lowest BCUT2D eigenvalue weighted by atomic mass is 10.2. The maximum absolute atomic E-state index is 5.81. The third kappa shape index (κ3) is 5.47. The van der Waals surface area contributed by atoms with Gasteiger partial charge in [-0.15, -0.1) is 12.6 Å². The Labute approximate surface area is 159 Å². The fourth-order valence-electron chi connectivity index (χ4n) is 2.67. The third-order valence-corrected chi connectivity index (χ3v) is 4.40. The van der Waals surface area contributed by atoms with E-state index in [1.165, 1.54) is 0 Å². The molecule has 0 atom stereocenters. The second-order valence-corrected chi connectivity index (χ2v) is 6.53. The molecule has 0 saturated carbocycles. The van der Waals surface area contributed by atoms with Crippen molar-refractivity contribution in [1.82, 2.24) is 14.9 Å². The van der Waals surface area contributed by atoms with E-state index in [9.17, 15) is 0 Å². The first-order chi connectivity index (χ1) is 12.7. The molecule has 3 aromatic rings. The Morgan fingerprint density at radius 1 is 0.923 bits per heavy atom. The molecule has 5 nitrogen and oxygen atoms in total. The lowest BCUT2D eigenvalue weighted by Crippen LogP contribution is -2.29. The van der Waals surface area contributed by atoms with Crippen LogP contribution in [-0.2, 0) is 13.1 Å². The number of hydrogen-bond donors (Lipinski definition) is 3. The fourth-order valence-corrected chi connectivity index (χ4v) is 2.88. The fraction of sp³-hybridized carbons (Fsp3) is 0.200. The number of rotatable bonds is 8. The van der Waals surface area contributed by atoms with Crippen LogP contribution in [0.15, 0.2) is 71.9 Å². The molecule has 0 amide bonds. The van der Waals surface area contributed by atoms with Crippen LogP contribution >= 0.6 is 12.6 Å². The first-order valence-electron chi connectivity index (χ1n) is 8.55. The Morgan fingerprint density at radius 2 is 1.58 bits per heavy atom. The van der Waals surface area contributed by atoms with Crippen molar-refractivity contribution < 1.29 is 0 Å². The monoisotopic (exact) mass is 365 g/mol. The summed E-state index contributed by atoms with van der Waals surface area (Å²) in [5.74, 6) is 0. The Hall–Kier alpha value is -2.57. The minimum absolute atomic E-state index is 0.686. The Kier molecular flexibility index (Phi) is 6.46. The maximum Gasteiger partial charge on any atom is 0.0544 e. The van der Waals surface area contributed by atoms with Crippen LogP contribution in [0.5, 0.6) is 0 Å².